The number of nitrogens with two attached hydrogens (primary N) is 1. The maximum absolute atomic E-state index is 6.61. The SMILES string of the molecule is CCC1CCCC(C(N)C2COc3ccccc32)C1. The van der Waals surface area contributed by atoms with Gasteiger partial charge >= 0.3 is 0 Å². The molecule has 0 aromatic heterocycles. The molecule has 4 atom stereocenters. The summed E-state index contributed by atoms with van der Waals surface area (Å²) in [5, 5.41) is 0. The average Bonchev–Trinajstić information content (AvgIpc) is 2.90. The smallest absolute Gasteiger partial charge is 0.122 e. The molecule has 1 fully saturated rings. The summed E-state index contributed by atoms with van der Waals surface area (Å²) in [5.74, 6) is 3.02. The summed E-state index contributed by atoms with van der Waals surface area (Å²) in [6, 6.07) is 8.66. The Bertz CT molecular complexity index is 431. The van der Waals surface area contributed by atoms with E-state index in [-0.39, 0.29) is 6.04 Å². The first-order valence-electron chi connectivity index (χ1n) is 7.77. The number of hydrogen-bond acceptors (Lipinski definition) is 2. The summed E-state index contributed by atoms with van der Waals surface area (Å²) < 4.78 is 5.80. The first kappa shape index (κ1) is 13.0. The van der Waals surface area contributed by atoms with Crippen molar-refractivity contribution in [2.75, 3.05) is 6.61 Å². The first-order chi connectivity index (χ1) is 9.29. The standard InChI is InChI=1S/C17H25NO/c1-2-12-6-5-7-13(10-12)17(18)15-11-19-16-9-4-3-8-14(15)16/h3-4,8-9,12-13,15,17H,2,5-7,10-11,18H2,1H3. The van der Waals surface area contributed by atoms with E-state index in [1.165, 1.54) is 37.7 Å². The highest BCUT2D eigenvalue weighted by Gasteiger charge is 2.35. The molecule has 1 aliphatic heterocycles. The molecule has 1 heterocycles. The lowest BCUT2D eigenvalue weighted by Crippen LogP contribution is -2.39. The molecule has 0 amide bonds. The third-order valence-corrected chi connectivity index (χ3v) is 5.15. The molecular weight excluding hydrogens is 234 g/mol. The number of para-hydroxylation sites is 1. The van der Waals surface area contributed by atoms with Gasteiger partial charge in [-0.05, 0) is 30.7 Å². The molecule has 0 bridgehead atoms. The monoisotopic (exact) mass is 259 g/mol. The van der Waals surface area contributed by atoms with E-state index in [4.69, 9.17) is 10.5 Å². The minimum atomic E-state index is 0.262. The van der Waals surface area contributed by atoms with Crippen molar-refractivity contribution in [1.82, 2.24) is 0 Å². The van der Waals surface area contributed by atoms with Crippen LogP contribution in [0.1, 0.15) is 50.5 Å². The van der Waals surface area contributed by atoms with Gasteiger partial charge in [-0.3, -0.25) is 0 Å². The lowest BCUT2D eigenvalue weighted by Gasteiger charge is -2.34. The van der Waals surface area contributed by atoms with Crippen LogP contribution in [0.2, 0.25) is 0 Å². The summed E-state index contributed by atoms with van der Waals surface area (Å²) in [6.45, 7) is 3.08. The molecule has 1 saturated carbocycles. The zero-order valence-corrected chi connectivity index (χ0v) is 11.8. The van der Waals surface area contributed by atoms with E-state index in [0.29, 0.717) is 11.8 Å². The lowest BCUT2D eigenvalue weighted by atomic mass is 9.73. The van der Waals surface area contributed by atoms with Crippen molar-refractivity contribution in [2.45, 2.75) is 51.0 Å². The van der Waals surface area contributed by atoms with E-state index in [9.17, 15) is 0 Å². The summed E-state index contributed by atoms with van der Waals surface area (Å²) in [7, 11) is 0. The molecule has 104 valence electrons. The fourth-order valence-corrected chi connectivity index (χ4v) is 3.89. The normalized spacial score (nSPS) is 31.6. The first-order valence-corrected chi connectivity index (χ1v) is 7.77. The van der Waals surface area contributed by atoms with Crippen LogP contribution in [0.3, 0.4) is 0 Å². The second-order valence-electron chi connectivity index (χ2n) is 6.23. The topological polar surface area (TPSA) is 35.2 Å². The van der Waals surface area contributed by atoms with Crippen LogP contribution in [-0.2, 0) is 0 Å². The second kappa shape index (κ2) is 5.54. The Morgan fingerprint density at radius 1 is 1.32 bits per heavy atom. The van der Waals surface area contributed by atoms with Crippen molar-refractivity contribution in [3.05, 3.63) is 29.8 Å². The predicted molar refractivity (Wildman–Crippen MR) is 78.4 cm³/mol. The third kappa shape index (κ3) is 2.51. The molecule has 0 spiro atoms. The van der Waals surface area contributed by atoms with Crippen LogP contribution < -0.4 is 10.5 Å². The van der Waals surface area contributed by atoms with E-state index in [0.717, 1.165) is 18.3 Å². The molecule has 19 heavy (non-hydrogen) atoms. The summed E-state index contributed by atoms with van der Waals surface area (Å²) in [5.41, 5.74) is 7.93. The largest absolute Gasteiger partial charge is 0.493 e. The quantitative estimate of drug-likeness (QED) is 0.898. The number of fused-ring (bicyclic) bond motifs is 1. The maximum Gasteiger partial charge on any atom is 0.122 e. The Kier molecular flexibility index (Phi) is 3.79. The van der Waals surface area contributed by atoms with Crippen LogP contribution in [0.25, 0.3) is 0 Å². The summed E-state index contributed by atoms with van der Waals surface area (Å²) >= 11 is 0. The summed E-state index contributed by atoms with van der Waals surface area (Å²) in [4.78, 5) is 0. The van der Waals surface area contributed by atoms with Crippen LogP contribution in [0.15, 0.2) is 24.3 Å². The van der Waals surface area contributed by atoms with Gasteiger partial charge in [-0.2, -0.15) is 0 Å². The van der Waals surface area contributed by atoms with Gasteiger partial charge in [-0.15, -0.1) is 0 Å². The average molecular weight is 259 g/mol. The van der Waals surface area contributed by atoms with Crippen molar-refractivity contribution >= 4 is 0 Å². The van der Waals surface area contributed by atoms with Gasteiger partial charge in [0.2, 0.25) is 0 Å². The molecule has 2 nitrogen and oxygen atoms in total. The van der Waals surface area contributed by atoms with Crippen LogP contribution in [0.5, 0.6) is 5.75 Å². The number of hydrogen-bond donors (Lipinski definition) is 1. The molecule has 2 N–H and O–H groups in total. The molecule has 1 aromatic carbocycles. The summed E-state index contributed by atoms with van der Waals surface area (Å²) in [6.07, 6.45) is 6.68. The molecule has 4 unspecified atom stereocenters. The molecule has 1 aromatic rings. The molecule has 3 rings (SSSR count). The van der Waals surface area contributed by atoms with E-state index in [2.05, 4.69) is 25.1 Å². The van der Waals surface area contributed by atoms with E-state index >= 15 is 0 Å². The van der Waals surface area contributed by atoms with Crippen LogP contribution in [0.4, 0.5) is 0 Å². The van der Waals surface area contributed by atoms with E-state index < -0.39 is 0 Å². The van der Waals surface area contributed by atoms with Gasteiger partial charge < -0.3 is 10.5 Å². The van der Waals surface area contributed by atoms with Gasteiger partial charge in [0.1, 0.15) is 5.75 Å². The van der Waals surface area contributed by atoms with Gasteiger partial charge in [-0.1, -0.05) is 44.4 Å². The van der Waals surface area contributed by atoms with Crippen LogP contribution in [-0.4, -0.2) is 12.6 Å². The fraction of sp³-hybridized carbons (Fsp3) is 0.647. The van der Waals surface area contributed by atoms with Gasteiger partial charge in [0, 0.05) is 17.5 Å². The maximum atomic E-state index is 6.61. The van der Waals surface area contributed by atoms with Crippen LogP contribution >= 0.6 is 0 Å². The van der Waals surface area contributed by atoms with E-state index in [1.54, 1.807) is 0 Å². The van der Waals surface area contributed by atoms with Gasteiger partial charge in [0.15, 0.2) is 0 Å². The Morgan fingerprint density at radius 2 is 2.16 bits per heavy atom. The lowest BCUT2D eigenvalue weighted by molar-refractivity contribution is 0.200. The zero-order chi connectivity index (χ0) is 13.2. The van der Waals surface area contributed by atoms with Crippen molar-refractivity contribution in [3.63, 3.8) is 0 Å². The van der Waals surface area contributed by atoms with Crippen molar-refractivity contribution in [2.24, 2.45) is 17.6 Å². The highest BCUT2D eigenvalue weighted by Crippen LogP contribution is 2.41. The van der Waals surface area contributed by atoms with Crippen molar-refractivity contribution in [3.8, 4) is 5.75 Å². The van der Waals surface area contributed by atoms with Crippen molar-refractivity contribution in [1.29, 1.82) is 0 Å². The number of rotatable bonds is 3. The Morgan fingerprint density at radius 3 is 3.00 bits per heavy atom. The number of ether oxygens (including phenoxy) is 1. The molecule has 0 saturated heterocycles. The highest BCUT2D eigenvalue weighted by molar-refractivity contribution is 5.40. The molecule has 2 aliphatic rings. The highest BCUT2D eigenvalue weighted by atomic mass is 16.5. The van der Waals surface area contributed by atoms with E-state index in [1.807, 2.05) is 6.07 Å². The van der Waals surface area contributed by atoms with Crippen LogP contribution in [0, 0.1) is 11.8 Å². The predicted octanol–water partition coefficient (Wildman–Crippen LogP) is 3.71. The zero-order valence-electron chi connectivity index (χ0n) is 11.8. The van der Waals surface area contributed by atoms with Gasteiger partial charge in [0.05, 0.1) is 6.61 Å². The Balaban J connectivity index is 1.72. The fourth-order valence-electron chi connectivity index (χ4n) is 3.89. The van der Waals surface area contributed by atoms with Crippen molar-refractivity contribution < 1.29 is 4.74 Å². The molecular formula is C17H25NO. The Labute approximate surface area is 116 Å². The Hall–Kier alpha value is -1.02. The molecule has 2 heteroatoms. The van der Waals surface area contributed by atoms with Gasteiger partial charge in [-0.25, -0.2) is 0 Å². The second-order valence-corrected chi connectivity index (χ2v) is 6.23. The molecule has 0 radical (unpaired) electrons. The third-order valence-electron chi connectivity index (χ3n) is 5.15. The minimum absolute atomic E-state index is 0.262. The number of benzene rings is 1. The minimum Gasteiger partial charge on any atom is -0.493 e. The molecule has 1 aliphatic carbocycles. The van der Waals surface area contributed by atoms with Gasteiger partial charge in [0.25, 0.3) is 0 Å².